The number of phenolic OH excluding ortho intramolecular Hbond substituents is 1. The minimum absolute atomic E-state index is 0.450. The Morgan fingerprint density at radius 3 is 2.71 bits per heavy atom. The van der Waals surface area contributed by atoms with Gasteiger partial charge in [0.2, 0.25) is 0 Å². The lowest BCUT2D eigenvalue weighted by Crippen LogP contribution is -2.42. The Kier molecular flexibility index (Phi) is 2.31. The lowest BCUT2D eigenvalue weighted by atomic mass is 9.53. The predicted octanol–water partition coefficient (Wildman–Crippen LogP) is 5.03. The highest BCUT2D eigenvalue weighted by Crippen LogP contribution is 2.75. The first kappa shape index (κ1) is 12.6. The van der Waals surface area contributed by atoms with Gasteiger partial charge in [-0.05, 0) is 103 Å². The van der Waals surface area contributed by atoms with Crippen molar-refractivity contribution >= 4 is 0 Å². The van der Waals surface area contributed by atoms with Gasteiger partial charge in [-0.2, -0.15) is 0 Å². The molecule has 3 saturated carbocycles. The van der Waals surface area contributed by atoms with Gasteiger partial charge in [0, 0.05) is 0 Å². The van der Waals surface area contributed by atoms with Gasteiger partial charge in [0.25, 0.3) is 0 Å². The fourth-order valence-electron chi connectivity index (χ4n) is 6.77. The molecule has 0 aromatic heterocycles. The maximum atomic E-state index is 9.75. The highest BCUT2D eigenvalue weighted by atomic mass is 16.3. The Balaban J connectivity index is 1.54. The van der Waals surface area contributed by atoms with Crippen LogP contribution in [0.4, 0.5) is 0 Å². The van der Waals surface area contributed by atoms with E-state index in [0.29, 0.717) is 11.2 Å². The molecule has 0 saturated heterocycles. The van der Waals surface area contributed by atoms with Crippen LogP contribution in [0.1, 0.15) is 68.9 Å². The largest absolute Gasteiger partial charge is 0.508 e. The zero-order valence-corrected chi connectivity index (χ0v) is 13.1. The first-order valence-electron chi connectivity index (χ1n) is 8.95. The van der Waals surface area contributed by atoms with Gasteiger partial charge in [-0.1, -0.05) is 13.0 Å². The number of phenols is 1. The standard InChI is InChI=1S/C20H26O/c1-19-8-6-16-15-5-3-14(21)12-13(15)2-4-17(16)18(19)7-9-20(19)10-11-20/h3,5,12,16-18,21H,2,4,6-11H2,1H3. The van der Waals surface area contributed by atoms with Crippen molar-refractivity contribution in [2.75, 3.05) is 0 Å². The molecule has 21 heavy (non-hydrogen) atoms. The molecule has 4 aliphatic rings. The van der Waals surface area contributed by atoms with Crippen LogP contribution in [0.2, 0.25) is 0 Å². The average molecular weight is 282 g/mol. The van der Waals surface area contributed by atoms with Gasteiger partial charge in [0.05, 0.1) is 0 Å². The first-order valence-corrected chi connectivity index (χ1v) is 8.95. The Bertz CT molecular complexity index is 600. The second-order valence-corrected chi connectivity index (χ2v) is 8.57. The second-order valence-electron chi connectivity index (χ2n) is 8.57. The average Bonchev–Trinajstić information content (AvgIpc) is 3.20. The summed E-state index contributed by atoms with van der Waals surface area (Å²) in [5, 5.41) is 9.75. The molecule has 0 bridgehead atoms. The van der Waals surface area contributed by atoms with Crippen molar-refractivity contribution in [1.82, 2.24) is 0 Å². The van der Waals surface area contributed by atoms with Crippen LogP contribution in [-0.2, 0) is 6.42 Å². The maximum Gasteiger partial charge on any atom is 0.115 e. The number of fused-ring (bicyclic) bond motifs is 6. The molecule has 1 spiro atoms. The normalized spacial score (nSPS) is 42.2. The molecule has 1 N–H and O–H groups in total. The zero-order valence-electron chi connectivity index (χ0n) is 13.1. The number of aryl methyl sites for hydroxylation is 1. The molecule has 4 unspecified atom stereocenters. The summed E-state index contributed by atoms with van der Waals surface area (Å²) in [6.45, 7) is 2.64. The van der Waals surface area contributed by atoms with E-state index in [0.717, 1.165) is 23.2 Å². The van der Waals surface area contributed by atoms with Crippen molar-refractivity contribution in [2.24, 2.45) is 22.7 Å². The highest BCUT2D eigenvalue weighted by molar-refractivity contribution is 5.40. The van der Waals surface area contributed by atoms with E-state index in [4.69, 9.17) is 0 Å². The van der Waals surface area contributed by atoms with Gasteiger partial charge in [0.1, 0.15) is 5.75 Å². The fourth-order valence-corrected chi connectivity index (χ4v) is 6.77. The molecule has 0 aliphatic heterocycles. The minimum Gasteiger partial charge on any atom is -0.508 e. The third-order valence-electron chi connectivity index (χ3n) is 8.10. The van der Waals surface area contributed by atoms with E-state index in [1.807, 2.05) is 12.1 Å². The number of aromatic hydroxyl groups is 1. The van der Waals surface area contributed by atoms with Gasteiger partial charge in [0.15, 0.2) is 0 Å². The third-order valence-corrected chi connectivity index (χ3v) is 8.10. The number of rotatable bonds is 0. The molecule has 0 heterocycles. The molecular formula is C20H26O. The lowest BCUT2D eigenvalue weighted by molar-refractivity contribution is 0.0187. The maximum absolute atomic E-state index is 9.75. The molecule has 112 valence electrons. The Morgan fingerprint density at radius 2 is 1.90 bits per heavy atom. The van der Waals surface area contributed by atoms with E-state index in [-0.39, 0.29) is 0 Å². The zero-order chi connectivity index (χ0) is 14.2. The van der Waals surface area contributed by atoms with Crippen molar-refractivity contribution in [2.45, 2.75) is 64.2 Å². The summed E-state index contributed by atoms with van der Waals surface area (Å²) in [5.41, 5.74) is 4.42. The molecule has 0 amide bonds. The Hall–Kier alpha value is -0.980. The van der Waals surface area contributed by atoms with Gasteiger partial charge < -0.3 is 5.11 Å². The van der Waals surface area contributed by atoms with Crippen LogP contribution in [0.5, 0.6) is 5.75 Å². The first-order chi connectivity index (χ1) is 10.1. The topological polar surface area (TPSA) is 20.2 Å². The van der Waals surface area contributed by atoms with E-state index in [9.17, 15) is 5.11 Å². The number of benzene rings is 1. The molecule has 1 nitrogen and oxygen atoms in total. The smallest absolute Gasteiger partial charge is 0.115 e. The molecule has 4 aliphatic carbocycles. The van der Waals surface area contributed by atoms with Crippen LogP contribution in [0, 0.1) is 22.7 Å². The van der Waals surface area contributed by atoms with Crippen LogP contribution >= 0.6 is 0 Å². The van der Waals surface area contributed by atoms with Gasteiger partial charge in [-0.3, -0.25) is 0 Å². The van der Waals surface area contributed by atoms with E-state index >= 15 is 0 Å². The van der Waals surface area contributed by atoms with Crippen LogP contribution in [0.25, 0.3) is 0 Å². The number of hydrogen-bond acceptors (Lipinski definition) is 1. The third kappa shape index (κ3) is 1.48. The fraction of sp³-hybridized carbons (Fsp3) is 0.700. The molecule has 4 atom stereocenters. The summed E-state index contributed by atoms with van der Waals surface area (Å²) in [7, 11) is 0. The Labute approximate surface area is 127 Å². The van der Waals surface area contributed by atoms with Crippen molar-refractivity contribution in [3.05, 3.63) is 29.3 Å². The summed E-state index contributed by atoms with van der Waals surface area (Å²) in [6, 6.07) is 6.16. The molecule has 1 aromatic carbocycles. The van der Waals surface area contributed by atoms with Crippen LogP contribution in [0.15, 0.2) is 18.2 Å². The van der Waals surface area contributed by atoms with Crippen LogP contribution in [-0.4, -0.2) is 5.11 Å². The predicted molar refractivity (Wildman–Crippen MR) is 84.4 cm³/mol. The SMILES string of the molecule is CC12CCC3c4ccc(O)cc4CCC3C1CCC21CC1. The molecule has 3 fully saturated rings. The summed E-state index contributed by atoms with van der Waals surface area (Å²) in [4.78, 5) is 0. The summed E-state index contributed by atoms with van der Waals surface area (Å²) in [5.74, 6) is 3.12. The van der Waals surface area contributed by atoms with Gasteiger partial charge in [-0.15, -0.1) is 0 Å². The summed E-state index contributed by atoms with van der Waals surface area (Å²) < 4.78 is 0. The monoisotopic (exact) mass is 282 g/mol. The van der Waals surface area contributed by atoms with Crippen molar-refractivity contribution < 1.29 is 5.11 Å². The van der Waals surface area contributed by atoms with Gasteiger partial charge >= 0.3 is 0 Å². The second kappa shape index (κ2) is 3.86. The molecule has 1 aromatic rings. The van der Waals surface area contributed by atoms with Crippen molar-refractivity contribution in [3.8, 4) is 5.75 Å². The molecule has 0 radical (unpaired) electrons. The van der Waals surface area contributed by atoms with Crippen molar-refractivity contribution in [1.29, 1.82) is 0 Å². The lowest BCUT2D eigenvalue weighted by Gasteiger charge is -2.51. The van der Waals surface area contributed by atoms with E-state index in [2.05, 4.69) is 13.0 Å². The quantitative estimate of drug-likeness (QED) is 0.707. The highest BCUT2D eigenvalue weighted by Gasteiger charge is 2.66. The summed E-state index contributed by atoms with van der Waals surface area (Å²) in [6.07, 6.45) is 11.4. The molecular weight excluding hydrogens is 256 g/mol. The minimum atomic E-state index is 0.450. The van der Waals surface area contributed by atoms with E-state index in [1.165, 1.54) is 56.9 Å². The van der Waals surface area contributed by atoms with Crippen LogP contribution < -0.4 is 0 Å². The van der Waals surface area contributed by atoms with E-state index < -0.39 is 0 Å². The number of hydrogen-bond donors (Lipinski definition) is 1. The van der Waals surface area contributed by atoms with Crippen molar-refractivity contribution in [3.63, 3.8) is 0 Å². The summed E-state index contributed by atoms with van der Waals surface area (Å²) >= 11 is 0. The Morgan fingerprint density at radius 1 is 1.05 bits per heavy atom. The van der Waals surface area contributed by atoms with E-state index in [1.54, 1.807) is 5.56 Å². The molecule has 5 rings (SSSR count). The van der Waals surface area contributed by atoms with Gasteiger partial charge in [-0.25, -0.2) is 0 Å². The van der Waals surface area contributed by atoms with Crippen LogP contribution in [0.3, 0.4) is 0 Å². The molecule has 1 heteroatoms.